The summed E-state index contributed by atoms with van der Waals surface area (Å²) >= 11 is 0. The zero-order valence-electron chi connectivity index (χ0n) is 13.0. The number of aromatic nitrogens is 1. The Morgan fingerprint density at radius 3 is 2.86 bits per heavy atom. The summed E-state index contributed by atoms with van der Waals surface area (Å²) in [6, 6.07) is 6.13. The number of aliphatic hydroxyl groups excluding tert-OH is 1. The van der Waals surface area contributed by atoms with Crippen LogP contribution in [0.5, 0.6) is 0 Å². The van der Waals surface area contributed by atoms with Crippen molar-refractivity contribution in [2.45, 2.75) is 44.3 Å². The molecule has 3 rings (SSSR count). The molecule has 116 valence electrons. The maximum Gasteiger partial charge on any atom is 0.126 e. The zero-order valence-corrected chi connectivity index (χ0v) is 13.0. The predicted molar refractivity (Wildman–Crippen MR) is 85.8 cm³/mol. The molecule has 2 aliphatic rings. The molecule has 1 saturated carbocycles. The fraction of sp³-hybridized carbons (Fsp3) is 0.688. The van der Waals surface area contributed by atoms with Crippen LogP contribution in [0.3, 0.4) is 0 Å². The van der Waals surface area contributed by atoms with E-state index in [1.165, 1.54) is 19.3 Å². The molecule has 2 fully saturated rings. The van der Waals surface area contributed by atoms with Gasteiger partial charge >= 0.3 is 0 Å². The SMILES string of the molecule is CC1CC(Nc2ccc(N(C)CCO)cn2)CN1C1CC1. The smallest absolute Gasteiger partial charge is 0.126 e. The molecule has 1 aromatic rings. The second kappa shape index (κ2) is 6.20. The molecule has 2 atom stereocenters. The van der Waals surface area contributed by atoms with E-state index >= 15 is 0 Å². The molecule has 0 amide bonds. The first-order chi connectivity index (χ1) is 10.2. The topological polar surface area (TPSA) is 51.6 Å². The monoisotopic (exact) mass is 290 g/mol. The van der Waals surface area contributed by atoms with Crippen molar-refractivity contribution in [3.8, 4) is 0 Å². The quantitative estimate of drug-likeness (QED) is 0.832. The van der Waals surface area contributed by atoms with Crippen molar-refractivity contribution in [1.82, 2.24) is 9.88 Å². The molecule has 0 spiro atoms. The summed E-state index contributed by atoms with van der Waals surface area (Å²) in [5.41, 5.74) is 1.04. The number of anilines is 2. The van der Waals surface area contributed by atoms with Gasteiger partial charge in [-0.25, -0.2) is 4.98 Å². The minimum Gasteiger partial charge on any atom is -0.395 e. The molecule has 0 radical (unpaired) electrons. The average Bonchev–Trinajstić information content (AvgIpc) is 3.24. The van der Waals surface area contributed by atoms with Crippen LogP contribution in [0.1, 0.15) is 26.2 Å². The molecule has 2 heterocycles. The van der Waals surface area contributed by atoms with Crippen molar-refractivity contribution in [3.05, 3.63) is 18.3 Å². The van der Waals surface area contributed by atoms with Gasteiger partial charge in [-0.3, -0.25) is 4.90 Å². The first-order valence-electron chi connectivity index (χ1n) is 7.97. The number of pyridine rings is 1. The minimum absolute atomic E-state index is 0.160. The van der Waals surface area contributed by atoms with Crippen molar-refractivity contribution in [3.63, 3.8) is 0 Å². The highest BCUT2D eigenvalue weighted by atomic mass is 16.3. The Hall–Kier alpha value is -1.33. The van der Waals surface area contributed by atoms with E-state index in [2.05, 4.69) is 28.2 Å². The lowest BCUT2D eigenvalue weighted by Gasteiger charge is -2.20. The molecule has 1 aliphatic heterocycles. The Morgan fingerprint density at radius 2 is 2.24 bits per heavy atom. The lowest BCUT2D eigenvalue weighted by atomic mass is 10.2. The average molecular weight is 290 g/mol. The van der Waals surface area contributed by atoms with Gasteiger partial charge in [0, 0.05) is 38.3 Å². The van der Waals surface area contributed by atoms with Crippen LogP contribution >= 0.6 is 0 Å². The van der Waals surface area contributed by atoms with E-state index in [1.807, 2.05) is 24.2 Å². The van der Waals surface area contributed by atoms with E-state index in [9.17, 15) is 0 Å². The summed E-state index contributed by atoms with van der Waals surface area (Å²) in [4.78, 5) is 9.15. The molecule has 1 saturated heterocycles. The molecule has 0 bridgehead atoms. The van der Waals surface area contributed by atoms with Gasteiger partial charge in [0.05, 0.1) is 18.5 Å². The fourth-order valence-electron chi connectivity index (χ4n) is 3.26. The highest BCUT2D eigenvalue weighted by Crippen LogP contribution is 2.34. The van der Waals surface area contributed by atoms with Gasteiger partial charge in [-0.2, -0.15) is 0 Å². The van der Waals surface area contributed by atoms with Crippen molar-refractivity contribution in [2.75, 3.05) is 37.0 Å². The van der Waals surface area contributed by atoms with Crippen molar-refractivity contribution in [1.29, 1.82) is 0 Å². The fourth-order valence-corrected chi connectivity index (χ4v) is 3.26. The number of hydrogen-bond acceptors (Lipinski definition) is 5. The molecule has 2 N–H and O–H groups in total. The lowest BCUT2D eigenvalue weighted by Crippen LogP contribution is -2.31. The van der Waals surface area contributed by atoms with Gasteiger partial charge in [0.25, 0.3) is 0 Å². The Bertz CT molecular complexity index is 460. The third-order valence-corrected chi connectivity index (χ3v) is 4.61. The summed E-state index contributed by atoms with van der Waals surface area (Å²) < 4.78 is 0. The van der Waals surface area contributed by atoms with Crippen LogP contribution < -0.4 is 10.2 Å². The Kier molecular flexibility index (Phi) is 4.31. The van der Waals surface area contributed by atoms with Crippen LogP contribution in [-0.4, -0.2) is 59.9 Å². The first kappa shape index (κ1) is 14.6. The number of rotatable bonds is 6. The standard InChI is InChI=1S/C16H26N4O/c1-12-9-13(11-20(12)14-3-4-14)18-16-6-5-15(10-17-16)19(2)7-8-21/h5-6,10,12-14,21H,3-4,7-9,11H2,1-2H3,(H,17,18). The molecule has 1 aromatic heterocycles. The third-order valence-electron chi connectivity index (χ3n) is 4.61. The third kappa shape index (κ3) is 3.47. The Balaban J connectivity index is 1.55. The second-order valence-electron chi connectivity index (χ2n) is 6.40. The molecule has 1 aliphatic carbocycles. The van der Waals surface area contributed by atoms with Crippen LogP contribution in [0.25, 0.3) is 0 Å². The van der Waals surface area contributed by atoms with E-state index in [-0.39, 0.29) is 6.61 Å². The zero-order chi connectivity index (χ0) is 14.8. The van der Waals surface area contributed by atoms with Crippen molar-refractivity contribution in [2.24, 2.45) is 0 Å². The maximum atomic E-state index is 8.96. The molecular weight excluding hydrogens is 264 g/mol. The van der Waals surface area contributed by atoms with E-state index < -0.39 is 0 Å². The molecule has 0 aromatic carbocycles. The molecule has 2 unspecified atom stereocenters. The minimum atomic E-state index is 0.160. The van der Waals surface area contributed by atoms with Gasteiger partial charge in [0.2, 0.25) is 0 Å². The molecular formula is C16H26N4O. The van der Waals surface area contributed by atoms with Crippen LogP contribution in [0.15, 0.2) is 18.3 Å². The second-order valence-corrected chi connectivity index (χ2v) is 6.40. The van der Waals surface area contributed by atoms with Gasteiger partial charge in [0.15, 0.2) is 0 Å². The van der Waals surface area contributed by atoms with E-state index in [0.29, 0.717) is 18.6 Å². The largest absolute Gasteiger partial charge is 0.395 e. The van der Waals surface area contributed by atoms with Gasteiger partial charge in [0.1, 0.15) is 5.82 Å². The van der Waals surface area contributed by atoms with E-state index in [4.69, 9.17) is 5.11 Å². The summed E-state index contributed by atoms with van der Waals surface area (Å²) in [5.74, 6) is 0.950. The summed E-state index contributed by atoms with van der Waals surface area (Å²) in [5, 5.41) is 12.5. The lowest BCUT2D eigenvalue weighted by molar-refractivity contribution is 0.257. The van der Waals surface area contributed by atoms with Gasteiger partial charge in [-0.05, 0) is 38.3 Å². The maximum absolute atomic E-state index is 8.96. The Labute approximate surface area is 127 Å². The predicted octanol–water partition coefficient (Wildman–Crippen LogP) is 1.55. The number of nitrogens with one attached hydrogen (secondary N) is 1. The Morgan fingerprint density at radius 1 is 1.43 bits per heavy atom. The molecule has 5 heteroatoms. The number of aliphatic hydroxyl groups is 1. The number of nitrogens with zero attached hydrogens (tertiary/aromatic N) is 3. The summed E-state index contributed by atoms with van der Waals surface area (Å²) in [7, 11) is 1.96. The number of likely N-dealkylation sites (tertiary alicyclic amines) is 1. The number of hydrogen-bond donors (Lipinski definition) is 2. The van der Waals surface area contributed by atoms with E-state index in [1.54, 1.807) is 0 Å². The van der Waals surface area contributed by atoms with Gasteiger partial charge < -0.3 is 15.3 Å². The van der Waals surface area contributed by atoms with Crippen molar-refractivity contribution < 1.29 is 5.11 Å². The van der Waals surface area contributed by atoms with Crippen LogP contribution in [0.2, 0.25) is 0 Å². The van der Waals surface area contributed by atoms with E-state index in [0.717, 1.165) is 24.1 Å². The van der Waals surface area contributed by atoms with Crippen molar-refractivity contribution >= 4 is 11.5 Å². The van der Waals surface area contributed by atoms with Crippen LogP contribution in [-0.2, 0) is 0 Å². The highest BCUT2D eigenvalue weighted by Gasteiger charge is 2.38. The molecule has 5 nitrogen and oxygen atoms in total. The van der Waals surface area contributed by atoms with Crippen LogP contribution in [0, 0.1) is 0 Å². The summed E-state index contributed by atoms with van der Waals surface area (Å²) in [6.07, 6.45) is 5.82. The number of likely N-dealkylation sites (N-methyl/N-ethyl adjacent to an activating group) is 1. The first-order valence-corrected chi connectivity index (χ1v) is 7.97. The van der Waals surface area contributed by atoms with Crippen LogP contribution in [0.4, 0.5) is 11.5 Å². The summed E-state index contributed by atoms with van der Waals surface area (Å²) in [6.45, 7) is 4.26. The normalized spacial score (nSPS) is 26.0. The molecule has 21 heavy (non-hydrogen) atoms. The highest BCUT2D eigenvalue weighted by molar-refractivity contribution is 5.49. The van der Waals surface area contributed by atoms with Gasteiger partial charge in [-0.1, -0.05) is 0 Å². The van der Waals surface area contributed by atoms with Gasteiger partial charge in [-0.15, -0.1) is 0 Å².